The maximum atomic E-state index is 12.3. The standard InChI is InChI=1S/C20H25N11O10P2S2/c21-13-11-14(24-7-23-13)30(8-25-11)20-3-19(4-37-20,36-6-20)5-39-43(35,45)41-10-1-9(2-38-42(33,34)44)40-17(10)31-15-12(28-29-31)16(32)27-18(22)26-15/h7-10,17H,1-6H2,(H,35,45)(H2,21,23,24)(H2,33,34,44)(H3,22,26,27,32)/t9-,10+,17+,19+,20-,43?/m0/s1. The molecule has 4 aromatic rings. The number of H-pyrrole nitrogens is 1. The first-order chi connectivity index (χ1) is 21.3. The molecule has 3 aliphatic rings. The Balaban J connectivity index is 1.08. The average molecular weight is 706 g/mol. The van der Waals surface area contributed by atoms with Gasteiger partial charge in [-0.1, -0.05) is 5.21 Å². The van der Waals surface area contributed by atoms with E-state index in [0.29, 0.717) is 17.6 Å². The van der Waals surface area contributed by atoms with Crippen LogP contribution >= 0.6 is 13.4 Å². The van der Waals surface area contributed by atoms with Gasteiger partial charge in [0, 0.05) is 12.8 Å². The zero-order valence-electron chi connectivity index (χ0n) is 22.8. The van der Waals surface area contributed by atoms with Crippen LogP contribution in [0.4, 0.5) is 11.8 Å². The minimum Gasteiger partial charge on any atom is -0.382 e. The minimum atomic E-state index is -4.02. The van der Waals surface area contributed by atoms with E-state index in [1.54, 1.807) is 10.9 Å². The summed E-state index contributed by atoms with van der Waals surface area (Å²) in [5, 5.41) is 7.81. The zero-order chi connectivity index (χ0) is 31.8. The number of aromatic nitrogens is 9. The van der Waals surface area contributed by atoms with E-state index in [-0.39, 0.29) is 55.8 Å². The molecule has 242 valence electrons. The summed E-state index contributed by atoms with van der Waals surface area (Å²) < 4.78 is 37.7. The van der Waals surface area contributed by atoms with Crippen molar-refractivity contribution in [3.63, 3.8) is 0 Å². The molecule has 0 aromatic carbocycles. The molecule has 21 nitrogen and oxygen atoms in total. The number of nitrogens with one attached hydrogen (secondary N) is 1. The molecule has 7 rings (SSSR count). The summed E-state index contributed by atoms with van der Waals surface area (Å²) in [5.41, 5.74) is 9.82. The van der Waals surface area contributed by atoms with Crippen LogP contribution in [-0.4, -0.2) is 103 Å². The molecule has 3 saturated heterocycles. The monoisotopic (exact) mass is 705 g/mol. The third kappa shape index (κ3) is 5.78. The number of hydrogen-bond donors (Lipinski definition) is 6. The summed E-state index contributed by atoms with van der Waals surface area (Å²) in [6.07, 6.45) is 0.153. The van der Waals surface area contributed by atoms with E-state index < -0.39 is 48.8 Å². The van der Waals surface area contributed by atoms with E-state index in [9.17, 15) is 19.5 Å². The number of nitrogens with two attached hydrogens (primary N) is 2. The van der Waals surface area contributed by atoms with E-state index in [1.165, 1.54) is 6.33 Å². The maximum absolute atomic E-state index is 12.3. The molecule has 0 spiro atoms. The molecule has 0 amide bonds. The second-order valence-electron chi connectivity index (χ2n) is 10.6. The van der Waals surface area contributed by atoms with Crippen molar-refractivity contribution in [1.82, 2.24) is 44.5 Å². The van der Waals surface area contributed by atoms with Gasteiger partial charge in [0.15, 0.2) is 34.6 Å². The van der Waals surface area contributed by atoms with E-state index >= 15 is 0 Å². The number of nitrogens with zero attached hydrogens (tertiary/aromatic N) is 8. The Morgan fingerprint density at radius 3 is 2.69 bits per heavy atom. The lowest BCUT2D eigenvalue weighted by Gasteiger charge is -2.30. The first-order valence-electron chi connectivity index (χ1n) is 13.1. The Morgan fingerprint density at radius 2 is 1.93 bits per heavy atom. The molecule has 25 heteroatoms. The van der Waals surface area contributed by atoms with Crippen molar-refractivity contribution in [1.29, 1.82) is 0 Å². The Hall–Kier alpha value is -2.63. The molecule has 0 aliphatic carbocycles. The molecule has 4 aromatic heterocycles. The van der Waals surface area contributed by atoms with Crippen LogP contribution in [0.15, 0.2) is 17.4 Å². The fourth-order valence-electron chi connectivity index (χ4n) is 5.58. The summed E-state index contributed by atoms with van der Waals surface area (Å²) in [6.45, 7) is -8.31. The van der Waals surface area contributed by atoms with E-state index in [4.69, 9.17) is 51.1 Å². The lowest BCUT2D eigenvalue weighted by molar-refractivity contribution is -0.170. The van der Waals surface area contributed by atoms with Crippen molar-refractivity contribution in [2.24, 2.45) is 0 Å². The Labute approximate surface area is 261 Å². The second kappa shape index (κ2) is 11.0. The average Bonchev–Trinajstić information content (AvgIpc) is 3.78. The van der Waals surface area contributed by atoms with Gasteiger partial charge in [0.25, 0.3) is 5.56 Å². The molecule has 3 aliphatic heterocycles. The van der Waals surface area contributed by atoms with Crippen LogP contribution in [0.3, 0.4) is 0 Å². The van der Waals surface area contributed by atoms with Crippen LogP contribution < -0.4 is 17.0 Å². The molecule has 45 heavy (non-hydrogen) atoms. The largest absolute Gasteiger partial charge is 0.382 e. The lowest BCUT2D eigenvalue weighted by Crippen LogP contribution is -2.39. The Bertz CT molecular complexity index is 1940. The van der Waals surface area contributed by atoms with Crippen LogP contribution in [0.1, 0.15) is 19.1 Å². The van der Waals surface area contributed by atoms with Gasteiger partial charge in [0.2, 0.25) is 5.95 Å². The van der Waals surface area contributed by atoms with Crippen LogP contribution in [0, 0.1) is 0 Å². The smallest absolute Gasteiger partial charge is 0.325 e. The van der Waals surface area contributed by atoms with Gasteiger partial charge in [0.1, 0.15) is 23.5 Å². The van der Waals surface area contributed by atoms with Crippen molar-refractivity contribution < 1.29 is 42.5 Å². The Morgan fingerprint density at radius 1 is 1.11 bits per heavy atom. The zero-order valence-corrected chi connectivity index (χ0v) is 26.2. The SMILES string of the molecule is Nc1nc2c(nnn2[C@@H]2O[C@H](COP(O)(O)=S)C[C@H]2OP(O)(=S)OC[C@@]23CO[C@](n4cnc5c(N)ncnc54)(CO2)C3)c(=O)[nH]1. The summed E-state index contributed by atoms with van der Waals surface area (Å²) in [5.74, 6) is 0.0269. The van der Waals surface area contributed by atoms with Gasteiger partial charge >= 0.3 is 13.4 Å². The first-order valence-corrected chi connectivity index (χ1v) is 18.3. The van der Waals surface area contributed by atoms with E-state index in [0.717, 1.165) is 4.68 Å². The fourth-order valence-corrected chi connectivity index (χ4v) is 7.60. The first kappa shape index (κ1) is 31.0. The van der Waals surface area contributed by atoms with Gasteiger partial charge < -0.3 is 53.9 Å². The molecule has 2 bridgehead atoms. The van der Waals surface area contributed by atoms with E-state index in [1.807, 2.05) is 0 Å². The number of rotatable bonds is 10. The molecule has 8 N–H and O–H groups in total. The molecular weight excluding hydrogens is 680 g/mol. The van der Waals surface area contributed by atoms with Crippen molar-refractivity contribution in [2.45, 2.75) is 42.6 Å². The number of anilines is 2. The molecular formula is C20H25N11O10P2S2. The van der Waals surface area contributed by atoms with Gasteiger partial charge in [-0.15, -0.1) is 5.10 Å². The summed E-state index contributed by atoms with van der Waals surface area (Å²) in [6, 6.07) is 0. The van der Waals surface area contributed by atoms with Gasteiger partial charge in [-0.3, -0.25) is 14.3 Å². The van der Waals surface area contributed by atoms with Crippen molar-refractivity contribution in [3.05, 3.63) is 23.0 Å². The topological polar surface area (TPSA) is 288 Å². The molecule has 1 unspecified atom stereocenters. The number of nitrogen functional groups attached to an aromatic ring is 2. The van der Waals surface area contributed by atoms with Crippen molar-refractivity contribution in [3.8, 4) is 0 Å². The predicted octanol–water partition coefficient (Wildman–Crippen LogP) is -1.51. The maximum Gasteiger partial charge on any atom is 0.325 e. The number of aromatic amines is 1. The summed E-state index contributed by atoms with van der Waals surface area (Å²) >= 11 is 9.89. The molecule has 3 fully saturated rings. The van der Waals surface area contributed by atoms with Gasteiger partial charge in [-0.25, -0.2) is 15.0 Å². The second-order valence-corrected chi connectivity index (χ2v) is 16.1. The lowest BCUT2D eigenvalue weighted by atomic mass is 10.0. The number of ether oxygens (including phenoxy) is 3. The molecule has 0 saturated carbocycles. The summed E-state index contributed by atoms with van der Waals surface area (Å²) in [4.78, 5) is 61.5. The number of hydrogen-bond acceptors (Lipinski definition) is 17. The van der Waals surface area contributed by atoms with Crippen molar-refractivity contribution in [2.75, 3.05) is 37.9 Å². The Kier molecular flexibility index (Phi) is 7.56. The highest BCUT2D eigenvalue weighted by atomic mass is 32.5. The van der Waals surface area contributed by atoms with Crippen LogP contribution in [0.5, 0.6) is 0 Å². The molecule has 0 radical (unpaired) electrons. The van der Waals surface area contributed by atoms with Crippen molar-refractivity contribution >= 4 is 71.1 Å². The number of imidazole rings is 1. The quantitative estimate of drug-likeness (QED) is 0.102. The highest BCUT2D eigenvalue weighted by Gasteiger charge is 2.60. The number of fused-ring (bicyclic) bond motifs is 4. The highest BCUT2D eigenvalue weighted by Crippen LogP contribution is 2.53. The van der Waals surface area contributed by atoms with Gasteiger partial charge in [-0.2, -0.15) is 9.67 Å². The summed E-state index contributed by atoms with van der Waals surface area (Å²) in [7, 11) is 0. The van der Waals surface area contributed by atoms with Gasteiger partial charge in [0.05, 0.1) is 38.9 Å². The van der Waals surface area contributed by atoms with E-state index in [2.05, 4.69) is 47.0 Å². The predicted molar refractivity (Wildman–Crippen MR) is 158 cm³/mol. The highest BCUT2D eigenvalue weighted by molar-refractivity contribution is 8.07. The third-order valence-electron chi connectivity index (χ3n) is 7.53. The minimum absolute atomic E-state index is 0.00882. The fraction of sp³-hybridized carbons (Fsp3) is 0.550. The molecule has 6 atom stereocenters. The molecule has 7 heterocycles. The van der Waals surface area contributed by atoms with Crippen LogP contribution in [0.25, 0.3) is 22.3 Å². The third-order valence-corrected chi connectivity index (χ3v) is 9.90. The normalized spacial score (nSPS) is 29.6. The van der Waals surface area contributed by atoms with Crippen LogP contribution in [0.2, 0.25) is 0 Å². The van der Waals surface area contributed by atoms with Gasteiger partial charge in [-0.05, 0) is 23.6 Å². The van der Waals surface area contributed by atoms with Crippen LogP contribution in [-0.2, 0) is 57.1 Å².